The minimum Gasteiger partial charge on any atom is -1.00 e. The van der Waals surface area contributed by atoms with Crippen molar-refractivity contribution in [2.75, 3.05) is 6.61 Å². The van der Waals surface area contributed by atoms with Crippen LogP contribution in [0.1, 0.15) is 23.6 Å². The highest BCUT2D eigenvalue weighted by molar-refractivity contribution is 8.13. The highest BCUT2D eigenvalue weighted by Gasteiger charge is 2.50. The van der Waals surface area contributed by atoms with E-state index < -0.39 is 35.8 Å². The lowest BCUT2D eigenvalue weighted by molar-refractivity contribution is -0.249. The van der Waals surface area contributed by atoms with Crippen LogP contribution < -0.4 is 28.1 Å². The van der Waals surface area contributed by atoms with Crippen molar-refractivity contribution in [3.8, 4) is 0 Å². The van der Waals surface area contributed by atoms with Crippen molar-refractivity contribution in [1.29, 1.82) is 0 Å². The van der Waals surface area contributed by atoms with E-state index in [2.05, 4.69) is 0 Å². The summed E-state index contributed by atoms with van der Waals surface area (Å²) in [5.74, 6) is -0.473. The van der Waals surface area contributed by atoms with E-state index in [9.17, 15) is 4.79 Å². The van der Waals surface area contributed by atoms with Gasteiger partial charge in [0.2, 0.25) is 0 Å². The molecule has 1 heterocycles. The first-order chi connectivity index (χ1) is 19.0. The van der Waals surface area contributed by atoms with Crippen LogP contribution in [0.15, 0.2) is 91.0 Å². The zero-order chi connectivity index (χ0) is 27.5. The number of ether oxygens (including phenoxy) is 5. The number of esters is 1. The van der Waals surface area contributed by atoms with Crippen molar-refractivity contribution in [2.24, 2.45) is 5.73 Å². The van der Waals surface area contributed by atoms with Gasteiger partial charge in [-0.25, -0.2) is 0 Å². The van der Waals surface area contributed by atoms with Gasteiger partial charge < -0.3 is 40.7 Å². The quantitative estimate of drug-likeness (QED) is 0.161. The first kappa shape index (κ1) is 31.8. The molecule has 0 unspecified atom stereocenters. The lowest BCUT2D eigenvalue weighted by Gasteiger charge is -2.45. The molecule has 1 fully saturated rings. The van der Waals surface area contributed by atoms with Gasteiger partial charge >= 0.3 is 11.1 Å². The fraction of sp³-hybridized carbons (Fsp3) is 0.333. The number of carbonyl (C=O) groups is 1. The van der Waals surface area contributed by atoms with Crippen LogP contribution in [0.5, 0.6) is 0 Å². The molecule has 0 amide bonds. The Bertz CT molecular complexity index is 1170. The molecule has 0 saturated carbocycles. The fourth-order valence-electron chi connectivity index (χ4n) is 4.35. The molecule has 3 aromatic carbocycles. The van der Waals surface area contributed by atoms with Gasteiger partial charge in [-0.05, 0) is 28.5 Å². The van der Waals surface area contributed by atoms with Crippen molar-refractivity contribution in [1.82, 2.24) is 0 Å². The summed E-state index contributed by atoms with van der Waals surface area (Å²) in [6.07, 6.45) is -2.69. The Kier molecular flexibility index (Phi) is 13.1. The second-order valence-electron chi connectivity index (χ2n) is 9.16. The van der Waals surface area contributed by atoms with Crippen molar-refractivity contribution < 1.29 is 50.9 Å². The second kappa shape index (κ2) is 16.5. The molecule has 8 nitrogen and oxygen atoms in total. The third kappa shape index (κ3) is 9.72. The third-order valence-electron chi connectivity index (χ3n) is 6.11. The molecule has 0 radical (unpaired) electrons. The maximum absolute atomic E-state index is 12.2. The summed E-state index contributed by atoms with van der Waals surface area (Å²) in [5, 5.41) is 5.94. The molecule has 4 N–H and O–H groups in total. The Hall–Kier alpha value is -2.73. The second-order valence-corrected chi connectivity index (χ2v) is 10.3. The largest absolute Gasteiger partial charge is 1.00 e. The van der Waals surface area contributed by atoms with Crippen molar-refractivity contribution in [3.05, 3.63) is 108 Å². The molecule has 3 aromatic rings. The zero-order valence-electron chi connectivity index (χ0n) is 22.3. The molecule has 0 aliphatic carbocycles. The predicted octanol–water partition coefficient (Wildman–Crippen LogP) is -0.158. The molecular formula is C30H35BrN2O6S. The Balaban J connectivity index is 0.00000441. The SMILES string of the molecule is CC(=O)O[C@H]1[C@@H](OCc2ccccc2)[C@H](OCc2ccccc2)[C@@H](COCc2ccccc2)O[C@H]1SC(N)=[NH2+].[Br-]. The molecule has 10 heteroatoms. The maximum Gasteiger partial charge on any atom is 0.303 e. The smallest absolute Gasteiger partial charge is 0.303 e. The number of thioether (sulfide) groups is 1. The van der Waals surface area contributed by atoms with Crippen LogP contribution in [0.3, 0.4) is 0 Å². The summed E-state index contributed by atoms with van der Waals surface area (Å²) in [6.45, 7) is 2.56. The standard InChI is InChI=1S/C30H34N2O6S.BrH/c1-21(33)37-28-27(36-19-24-15-9-4-10-16-24)26(35-18-23-13-7-3-8-14-23)25(38-29(28)39-30(31)32)20-34-17-22-11-5-2-6-12-22;/h2-16,25-29H,17-20H2,1H3,(H3,31,32);1H/t25-,26-,27+,28+,29+;/m1./s1. The maximum atomic E-state index is 12.2. The Morgan fingerprint density at radius 3 is 1.75 bits per heavy atom. The van der Waals surface area contributed by atoms with E-state index >= 15 is 0 Å². The highest BCUT2D eigenvalue weighted by atomic mass is 79.9. The third-order valence-corrected chi connectivity index (χ3v) is 6.99. The minimum absolute atomic E-state index is 0. The molecule has 5 atom stereocenters. The summed E-state index contributed by atoms with van der Waals surface area (Å²) in [4.78, 5) is 12.2. The normalized spacial score (nSPS) is 22.2. The van der Waals surface area contributed by atoms with Gasteiger partial charge in [-0.3, -0.25) is 15.9 Å². The Labute approximate surface area is 249 Å². The van der Waals surface area contributed by atoms with E-state index in [4.69, 9.17) is 34.8 Å². The molecule has 1 aliphatic heterocycles. The number of nitrogens with two attached hydrogens (primary N) is 2. The van der Waals surface area contributed by atoms with Crippen LogP contribution in [0.25, 0.3) is 0 Å². The molecule has 1 aliphatic rings. The highest BCUT2D eigenvalue weighted by Crippen LogP contribution is 2.34. The summed E-state index contributed by atoms with van der Waals surface area (Å²) in [5.41, 5.74) is 8.13. The number of halogens is 1. The summed E-state index contributed by atoms with van der Waals surface area (Å²) in [6, 6.07) is 29.5. The Morgan fingerprint density at radius 1 is 0.800 bits per heavy atom. The monoisotopic (exact) mass is 630 g/mol. The summed E-state index contributed by atoms with van der Waals surface area (Å²) < 4.78 is 31.1. The van der Waals surface area contributed by atoms with E-state index in [1.54, 1.807) is 0 Å². The Morgan fingerprint density at radius 2 is 1.27 bits per heavy atom. The average molecular weight is 632 g/mol. The molecule has 0 spiro atoms. The molecule has 1 saturated heterocycles. The van der Waals surface area contributed by atoms with E-state index in [0.29, 0.717) is 13.2 Å². The average Bonchev–Trinajstić information content (AvgIpc) is 2.94. The number of amidine groups is 1. The van der Waals surface area contributed by atoms with Gasteiger partial charge in [0.15, 0.2) is 11.5 Å². The topological polar surface area (TPSA) is 115 Å². The first-order valence-electron chi connectivity index (χ1n) is 12.8. The van der Waals surface area contributed by atoms with Crippen LogP contribution in [0, 0.1) is 0 Å². The van der Waals surface area contributed by atoms with Gasteiger partial charge in [0.1, 0.15) is 18.3 Å². The lowest BCUT2D eigenvalue weighted by atomic mass is 9.99. The van der Waals surface area contributed by atoms with Gasteiger partial charge in [-0.1, -0.05) is 91.0 Å². The van der Waals surface area contributed by atoms with Crippen LogP contribution in [-0.2, 0) is 48.3 Å². The molecule has 0 aromatic heterocycles. The van der Waals surface area contributed by atoms with Gasteiger partial charge in [-0.2, -0.15) is 0 Å². The van der Waals surface area contributed by atoms with Crippen molar-refractivity contribution in [2.45, 2.75) is 56.6 Å². The van der Waals surface area contributed by atoms with E-state index in [1.807, 2.05) is 91.0 Å². The summed E-state index contributed by atoms with van der Waals surface area (Å²) in [7, 11) is 0. The van der Waals surface area contributed by atoms with Crippen LogP contribution in [-0.4, -0.2) is 47.6 Å². The number of carbonyl (C=O) groups excluding carboxylic acids is 1. The zero-order valence-corrected chi connectivity index (χ0v) is 24.7. The van der Waals surface area contributed by atoms with Crippen LogP contribution >= 0.6 is 11.8 Å². The molecule has 4 rings (SSSR count). The molecule has 40 heavy (non-hydrogen) atoms. The van der Waals surface area contributed by atoms with E-state index in [1.165, 1.54) is 6.92 Å². The van der Waals surface area contributed by atoms with Gasteiger partial charge in [-0.15, -0.1) is 0 Å². The van der Waals surface area contributed by atoms with Gasteiger partial charge in [0.25, 0.3) is 0 Å². The fourth-order valence-corrected chi connectivity index (χ4v) is 5.16. The molecule has 0 bridgehead atoms. The van der Waals surface area contributed by atoms with E-state index in [0.717, 1.165) is 28.5 Å². The number of hydrogen-bond donors (Lipinski definition) is 2. The van der Waals surface area contributed by atoms with Crippen molar-refractivity contribution >= 4 is 22.9 Å². The minimum atomic E-state index is -0.829. The molecular weight excluding hydrogens is 596 g/mol. The van der Waals surface area contributed by atoms with Crippen LogP contribution in [0.4, 0.5) is 0 Å². The van der Waals surface area contributed by atoms with Gasteiger partial charge in [0, 0.05) is 6.92 Å². The number of hydrogen-bond acceptors (Lipinski definition) is 7. The van der Waals surface area contributed by atoms with Crippen LogP contribution in [0.2, 0.25) is 0 Å². The predicted molar refractivity (Wildman–Crippen MR) is 149 cm³/mol. The van der Waals surface area contributed by atoms with E-state index in [-0.39, 0.29) is 35.4 Å². The summed E-state index contributed by atoms with van der Waals surface area (Å²) >= 11 is 1.08. The van der Waals surface area contributed by atoms with Gasteiger partial charge in [0.05, 0.1) is 26.4 Å². The first-order valence-corrected chi connectivity index (χ1v) is 13.7. The van der Waals surface area contributed by atoms with Crippen molar-refractivity contribution in [3.63, 3.8) is 0 Å². The lowest BCUT2D eigenvalue weighted by Crippen LogP contribution is -3.00. The number of benzene rings is 3. The molecule has 214 valence electrons. The number of rotatable bonds is 12.